The van der Waals surface area contributed by atoms with Gasteiger partial charge in [-0.05, 0) is 31.0 Å². The third-order valence-electron chi connectivity index (χ3n) is 4.04. The van der Waals surface area contributed by atoms with Crippen LogP contribution in [0.1, 0.15) is 41.7 Å². The number of carbonyl (C=O) groups is 1. The topological polar surface area (TPSA) is 66.9 Å². The summed E-state index contributed by atoms with van der Waals surface area (Å²) in [5.74, 6) is -0.0261. The number of carbonyl (C=O) groups excluding carboxylic acids is 1. The monoisotopic (exact) mass is 350 g/mol. The van der Waals surface area contributed by atoms with Crippen LogP contribution in [0.2, 0.25) is 0 Å². The van der Waals surface area contributed by atoms with E-state index in [1.165, 1.54) is 24.5 Å². The van der Waals surface area contributed by atoms with Crippen LogP contribution in [0.25, 0.3) is 0 Å². The highest BCUT2D eigenvalue weighted by atomic mass is 19.4. The molecule has 2 aromatic rings. The van der Waals surface area contributed by atoms with Crippen molar-refractivity contribution in [2.45, 2.75) is 37.9 Å². The smallest absolute Gasteiger partial charge is 0.348 e. The number of aromatic nitrogens is 2. The maximum absolute atomic E-state index is 12.7. The van der Waals surface area contributed by atoms with Crippen LogP contribution < -0.4 is 10.6 Å². The first-order valence-corrected chi connectivity index (χ1v) is 7.99. The van der Waals surface area contributed by atoms with Crippen LogP contribution in [0.15, 0.2) is 36.7 Å². The molecular formula is C17H17F3N4O. The number of alkyl halides is 3. The summed E-state index contributed by atoms with van der Waals surface area (Å²) in [6.07, 6.45) is 2.37. The molecule has 1 amide bonds. The van der Waals surface area contributed by atoms with Crippen LogP contribution in [0.3, 0.4) is 0 Å². The number of halogens is 3. The Morgan fingerprint density at radius 1 is 1.12 bits per heavy atom. The van der Waals surface area contributed by atoms with Gasteiger partial charge in [0.25, 0.3) is 5.91 Å². The van der Waals surface area contributed by atoms with E-state index >= 15 is 0 Å². The summed E-state index contributed by atoms with van der Waals surface area (Å²) in [6.45, 7) is 0. The van der Waals surface area contributed by atoms with Crippen molar-refractivity contribution in [1.29, 1.82) is 0 Å². The Morgan fingerprint density at radius 2 is 1.88 bits per heavy atom. The molecule has 132 valence electrons. The first kappa shape index (κ1) is 17.2. The van der Waals surface area contributed by atoms with Gasteiger partial charge in [-0.2, -0.15) is 13.2 Å². The minimum Gasteiger partial charge on any atom is -0.348 e. The number of nitrogens with one attached hydrogen (secondary N) is 2. The van der Waals surface area contributed by atoms with Crippen molar-refractivity contribution < 1.29 is 18.0 Å². The second-order valence-electron chi connectivity index (χ2n) is 5.95. The van der Waals surface area contributed by atoms with Crippen molar-refractivity contribution in [3.8, 4) is 0 Å². The number of hydrogen-bond donors (Lipinski definition) is 2. The van der Waals surface area contributed by atoms with Crippen molar-refractivity contribution in [3.63, 3.8) is 0 Å². The second kappa shape index (κ2) is 7.08. The fourth-order valence-electron chi connectivity index (χ4n) is 2.76. The molecule has 1 saturated carbocycles. The van der Waals surface area contributed by atoms with Gasteiger partial charge >= 0.3 is 6.18 Å². The summed E-state index contributed by atoms with van der Waals surface area (Å²) in [5.41, 5.74) is -0.327. The van der Waals surface area contributed by atoms with Crippen LogP contribution in [-0.2, 0) is 6.18 Å². The van der Waals surface area contributed by atoms with E-state index in [9.17, 15) is 18.0 Å². The molecule has 1 heterocycles. The predicted molar refractivity (Wildman–Crippen MR) is 86.5 cm³/mol. The normalized spacial score (nSPS) is 15.2. The Bertz CT molecular complexity index is 740. The maximum atomic E-state index is 12.7. The zero-order valence-corrected chi connectivity index (χ0v) is 13.3. The summed E-state index contributed by atoms with van der Waals surface area (Å²) >= 11 is 0. The number of benzene rings is 1. The highest BCUT2D eigenvalue weighted by molar-refractivity contribution is 5.92. The zero-order valence-electron chi connectivity index (χ0n) is 13.3. The van der Waals surface area contributed by atoms with Gasteiger partial charge in [0.2, 0.25) is 0 Å². The first-order valence-electron chi connectivity index (χ1n) is 7.99. The minimum atomic E-state index is -4.41. The Hall–Kier alpha value is -2.64. The van der Waals surface area contributed by atoms with Crippen LogP contribution in [0, 0.1) is 0 Å². The van der Waals surface area contributed by atoms with Gasteiger partial charge in [0.15, 0.2) is 0 Å². The standard InChI is InChI=1S/C17H17F3N4O/c18-17(19,20)11-4-3-7-13(8-11)23-15-10-21-14(9-22-15)16(25)24-12-5-1-2-6-12/h3-4,7-10,12H,1-2,5-6H2,(H,22,23)(H,24,25). The molecule has 1 aliphatic carbocycles. The summed E-state index contributed by atoms with van der Waals surface area (Å²) in [5, 5.41) is 5.65. The Morgan fingerprint density at radius 3 is 2.52 bits per heavy atom. The van der Waals surface area contributed by atoms with Crippen LogP contribution in [-0.4, -0.2) is 21.9 Å². The van der Waals surface area contributed by atoms with Crippen molar-refractivity contribution in [3.05, 3.63) is 47.9 Å². The predicted octanol–water partition coefficient (Wildman–Crippen LogP) is 3.91. The van der Waals surface area contributed by atoms with Gasteiger partial charge < -0.3 is 10.6 Å². The number of anilines is 2. The second-order valence-corrected chi connectivity index (χ2v) is 5.95. The van der Waals surface area contributed by atoms with Crippen molar-refractivity contribution in [1.82, 2.24) is 15.3 Å². The molecule has 0 unspecified atom stereocenters. The largest absolute Gasteiger partial charge is 0.416 e. The quantitative estimate of drug-likeness (QED) is 0.877. The SMILES string of the molecule is O=C(NC1CCCC1)c1cnc(Nc2cccc(C(F)(F)F)c2)cn1. The molecule has 1 aromatic carbocycles. The van der Waals surface area contributed by atoms with E-state index < -0.39 is 11.7 Å². The number of nitrogens with zero attached hydrogens (tertiary/aromatic N) is 2. The lowest BCUT2D eigenvalue weighted by atomic mass is 10.2. The van der Waals surface area contributed by atoms with Gasteiger partial charge in [-0.25, -0.2) is 9.97 Å². The molecule has 0 radical (unpaired) electrons. The third-order valence-corrected chi connectivity index (χ3v) is 4.04. The van der Waals surface area contributed by atoms with Crippen LogP contribution >= 0.6 is 0 Å². The lowest BCUT2D eigenvalue weighted by Crippen LogP contribution is -2.33. The van der Waals surface area contributed by atoms with E-state index in [-0.39, 0.29) is 29.1 Å². The van der Waals surface area contributed by atoms with Crippen molar-refractivity contribution in [2.24, 2.45) is 0 Å². The molecule has 0 saturated heterocycles. The van der Waals surface area contributed by atoms with Gasteiger partial charge in [-0.3, -0.25) is 4.79 Å². The van der Waals surface area contributed by atoms with E-state index in [0.717, 1.165) is 37.8 Å². The van der Waals surface area contributed by atoms with Gasteiger partial charge in [-0.15, -0.1) is 0 Å². The van der Waals surface area contributed by atoms with Gasteiger partial charge in [0, 0.05) is 11.7 Å². The molecule has 3 rings (SSSR count). The Labute approximate surface area is 142 Å². The number of rotatable bonds is 4. The zero-order chi connectivity index (χ0) is 17.9. The van der Waals surface area contributed by atoms with Crippen LogP contribution in [0.4, 0.5) is 24.7 Å². The van der Waals surface area contributed by atoms with Crippen molar-refractivity contribution in [2.75, 3.05) is 5.32 Å². The number of amides is 1. The number of hydrogen-bond acceptors (Lipinski definition) is 4. The molecule has 1 fully saturated rings. The van der Waals surface area contributed by atoms with Gasteiger partial charge in [0.05, 0.1) is 18.0 Å². The lowest BCUT2D eigenvalue weighted by Gasteiger charge is -2.12. The molecule has 0 bridgehead atoms. The molecule has 1 aliphatic rings. The van der Waals surface area contributed by atoms with Gasteiger partial charge in [0.1, 0.15) is 11.5 Å². The van der Waals surface area contributed by atoms with E-state index in [1.54, 1.807) is 0 Å². The summed E-state index contributed by atoms with van der Waals surface area (Å²) in [6, 6.07) is 4.97. The first-order chi connectivity index (χ1) is 11.9. The fraction of sp³-hybridized carbons (Fsp3) is 0.353. The molecule has 25 heavy (non-hydrogen) atoms. The summed E-state index contributed by atoms with van der Waals surface area (Å²) in [7, 11) is 0. The molecule has 0 spiro atoms. The minimum absolute atomic E-state index is 0.178. The molecule has 8 heteroatoms. The molecule has 2 N–H and O–H groups in total. The average molecular weight is 350 g/mol. The summed E-state index contributed by atoms with van der Waals surface area (Å²) in [4.78, 5) is 20.1. The Balaban J connectivity index is 1.65. The fourth-order valence-corrected chi connectivity index (χ4v) is 2.76. The Kier molecular flexibility index (Phi) is 4.87. The van der Waals surface area contributed by atoms with Crippen LogP contribution in [0.5, 0.6) is 0 Å². The molecular weight excluding hydrogens is 333 g/mol. The van der Waals surface area contributed by atoms with Crippen molar-refractivity contribution >= 4 is 17.4 Å². The average Bonchev–Trinajstić information content (AvgIpc) is 3.08. The molecule has 0 aliphatic heterocycles. The van der Waals surface area contributed by atoms with Gasteiger partial charge in [-0.1, -0.05) is 18.9 Å². The van der Waals surface area contributed by atoms with E-state index in [2.05, 4.69) is 20.6 Å². The molecule has 0 atom stereocenters. The van der Waals surface area contributed by atoms with E-state index in [4.69, 9.17) is 0 Å². The van der Waals surface area contributed by atoms with E-state index in [1.807, 2.05) is 0 Å². The molecule has 1 aromatic heterocycles. The highest BCUT2D eigenvalue weighted by Crippen LogP contribution is 2.31. The lowest BCUT2D eigenvalue weighted by molar-refractivity contribution is -0.137. The third kappa shape index (κ3) is 4.46. The molecule has 5 nitrogen and oxygen atoms in total. The van der Waals surface area contributed by atoms with E-state index in [0.29, 0.717) is 0 Å². The highest BCUT2D eigenvalue weighted by Gasteiger charge is 2.30. The maximum Gasteiger partial charge on any atom is 0.416 e. The summed E-state index contributed by atoms with van der Waals surface area (Å²) < 4.78 is 38.1.